The van der Waals surface area contributed by atoms with E-state index in [4.69, 9.17) is 0 Å². The van der Waals surface area contributed by atoms with E-state index in [0.29, 0.717) is 5.16 Å². The molecule has 0 bridgehead atoms. The number of aromatic hydroxyl groups is 1. The van der Waals surface area contributed by atoms with Crippen LogP contribution in [0, 0.1) is 0 Å². The van der Waals surface area contributed by atoms with E-state index in [1.54, 1.807) is 0 Å². The number of aromatic amines is 2. The summed E-state index contributed by atoms with van der Waals surface area (Å²) in [7, 11) is 0. The molecule has 1 unspecified atom stereocenters. The average molecular weight is 399 g/mol. The van der Waals surface area contributed by atoms with Gasteiger partial charge < -0.3 is 20.4 Å². The van der Waals surface area contributed by atoms with Gasteiger partial charge in [0.15, 0.2) is 5.16 Å². The predicted molar refractivity (Wildman–Crippen MR) is 113 cm³/mol. The second-order valence-electron chi connectivity index (χ2n) is 7.22. The van der Waals surface area contributed by atoms with Crippen molar-refractivity contribution in [3.8, 4) is 5.88 Å². The Morgan fingerprint density at radius 1 is 1.21 bits per heavy atom. The fraction of sp³-hybridized carbons (Fsp3) is 0.429. The number of nitrogens with one attached hydrogen (secondary N) is 3. The Hall–Kier alpha value is -2.25. The number of rotatable bonds is 7. The normalized spacial score (nSPS) is 16.4. The first-order chi connectivity index (χ1) is 13.7. The fourth-order valence-electron chi connectivity index (χ4n) is 3.90. The molecule has 0 amide bonds. The molecule has 0 fully saturated rings. The van der Waals surface area contributed by atoms with Gasteiger partial charge in [-0.25, -0.2) is 0 Å². The first kappa shape index (κ1) is 19.1. The molecule has 7 heteroatoms. The molecule has 4 N–H and O–H groups in total. The first-order valence-corrected chi connectivity index (χ1v) is 11.0. The molecule has 28 heavy (non-hydrogen) atoms. The van der Waals surface area contributed by atoms with Crippen LogP contribution in [-0.4, -0.2) is 32.4 Å². The molecule has 1 aliphatic heterocycles. The highest BCUT2D eigenvalue weighted by atomic mass is 32.2. The number of benzene rings is 1. The third kappa shape index (κ3) is 3.69. The maximum absolute atomic E-state index is 12.8. The zero-order valence-electron chi connectivity index (χ0n) is 16.0. The zero-order chi connectivity index (χ0) is 19.5. The molecule has 148 valence electrons. The highest BCUT2D eigenvalue weighted by Gasteiger charge is 2.30. The summed E-state index contributed by atoms with van der Waals surface area (Å²) in [6.07, 6.45) is 5.54. The number of fused-ring (bicyclic) bond motifs is 3. The van der Waals surface area contributed by atoms with E-state index in [2.05, 4.69) is 33.3 Å². The monoisotopic (exact) mass is 398 g/mol. The lowest BCUT2D eigenvalue weighted by molar-refractivity contribution is 0.421. The van der Waals surface area contributed by atoms with Gasteiger partial charge in [0.25, 0.3) is 5.56 Å². The summed E-state index contributed by atoms with van der Waals surface area (Å²) in [5, 5.41) is 15.6. The third-order valence-corrected chi connectivity index (χ3v) is 6.26. The predicted octanol–water partition coefficient (Wildman–Crippen LogP) is 3.86. The molecule has 0 saturated carbocycles. The van der Waals surface area contributed by atoms with Crippen LogP contribution in [0.1, 0.15) is 55.5 Å². The van der Waals surface area contributed by atoms with Crippen molar-refractivity contribution in [1.29, 1.82) is 0 Å². The largest absolute Gasteiger partial charge is 0.493 e. The van der Waals surface area contributed by atoms with Gasteiger partial charge in [0.1, 0.15) is 5.56 Å². The average Bonchev–Trinajstić information content (AvgIpc) is 3.07. The molecule has 0 aliphatic carbocycles. The Balaban J connectivity index is 1.61. The number of H-pyrrole nitrogens is 2. The summed E-state index contributed by atoms with van der Waals surface area (Å²) < 4.78 is 0. The highest BCUT2D eigenvalue weighted by molar-refractivity contribution is 7.99. The molecule has 1 aliphatic rings. The Bertz CT molecular complexity index is 1030. The number of unbranched alkanes of at least 4 members (excludes halogenated alkanes) is 3. The summed E-state index contributed by atoms with van der Waals surface area (Å²) in [5.41, 5.74) is 3.18. The molecule has 1 atom stereocenters. The van der Waals surface area contributed by atoms with Crippen LogP contribution in [0.25, 0.3) is 10.9 Å². The first-order valence-electron chi connectivity index (χ1n) is 9.98. The van der Waals surface area contributed by atoms with Crippen LogP contribution in [0.15, 0.2) is 34.2 Å². The summed E-state index contributed by atoms with van der Waals surface area (Å²) in [6, 6.07) is 7.74. The van der Waals surface area contributed by atoms with E-state index in [1.807, 2.05) is 18.2 Å². The van der Waals surface area contributed by atoms with Gasteiger partial charge in [0, 0.05) is 28.9 Å². The molecule has 6 nitrogen and oxygen atoms in total. The number of nitrogens with zero attached hydrogens (tertiary/aromatic N) is 1. The Kier molecular flexibility index (Phi) is 5.73. The number of aromatic nitrogens is 3. The van der Waals surface area contributed by atoms with E-state index in [-0.39, 0.29) is 17.0 Å². The van der Waals surface area contributed by atoms with Crippen molar-refractivity contribution in [2.45, 2.75) is 50.2 Å². The minimum Gasteiger partial charge on any atom is -0.493 e. The van der Waals surface area contributed by atoms with Crippen LogP contribution in [0.5, 0.6) is 5.88 Å². The highest BCUT2D eigenvalue weighted by Crippen LogP contribution is 2.34. The summed E-state index contributed by atoms with van der Waals surface area (Å²) >= 11 is 1.49. The molecule has 1 aromatic carbocycles. The lowest BCUT2D eigenvalue weighted by atomic mass is 9.95. The maximum atomic E-state index is 12.8. The van der Waals surface area contributed by atoms with E-state index in [1.165, 1.54) is 42.0 Å². The van der Waals surface area contributed by atoms with Gasteiger partial charge in [-0.2, -0.15) is 4.98 Å². The van der Waals surface area contributed by atoms with Crippen molar-refractivity contribution in [3.05, 3.63) is 51.4 Å². The zero-order valence-corrected chi connectivity index (χ0v) is 16.9. The summed E-state index contributed by atoms with van der Waals surface area (Å²) in [4.78, 5) is 23.3. The molecular weight excluding hydrogens is 372 g/mol. The van der Waals surface area contributed by atoms with Gasteiger partial charge in [0.2, 0.25) is 5.88 Å². The van der Waals surface area contributed by atoms with Crippen LogP contribution in [0.3, 0.4) is 0 Å². The topological polar surface area (TPSA) is 93.8 Å². The quantitative estimate of drug-likeness (QED) is 0.275. The Morgan fingerprint density at radius 3 is 2.89 bits per heavy atom. The minimum absolute atomic E-state index is 0.191. The number of thioether (sulfide) groups is 1. The van der Waals surface area contributed by atoms with Crippen LogP contribution >= 0.6 is 11.8 Å². The van der Waals surface area contributed by atoms with E-state index in [9.17, 15) is 9.90 Å². The second kappa shape index (κ2) is 8.41. The molecule has 4 rings (SSSR count). The van der Waals surface area contributed by atoms with Gasteiger partial charge in [-0.1, -0.05) is 56.1 Å². The lowest BCUT2D eigenvalue weighted by Gasteiger charge is -2.24. The van der Waals surface area contributed by atoms with Crippen molar-refractivity contribution in [2.24, 2.45) is 0 Å². The van der Waals surface area contributed by atoms with Gasteiger partial charge in [-0.3, -0.25) is 4.79 Å². The molecule has 0 spiro atoms. The van der Waals surface area contributed by atoms with Crippen LogP contribution in [0.4, 0.5) is 0 Å². The summed E-state index contributed by atoms with van der Waals surface area (Å²) in [5.74, 6) is 0.694. The van der Waals surface area contributed by atoms with Crippen LogP contribution < -0.4 is 10.9 Å². The standard InChI is InChI=1S/C21H26N4O2S/c1-2-3-4-7-12-28-21-24-19(26)16(20(27)25-21)18-17-14(10-11-22-18)13-8-5-6-9-15(13)23-17/h5-6,8-9,18,22-23H,2-4,7,10-12H2,1H3,(H2,24,25,26,27). The van der Waals surface area contributed by atoms with Gasteiger partial charge in [-0.05, 0) is 24.5 Å². The van der Waals surface area contributed by atoms with Gasteiger partial charge in [0.05, 0.1) is 6.04 Å². The minimum atomic E-state index is -0.393. The van der Waals surface area contributed by atoms with Crippen molar-refractivity contribution >= 4 is 22.7 Å². The number of hydrogen-bond donors (Lipinski definition) is 4. The van der Waals surface area contributed by atoms with Gasteiger partial charge >= 0.3 is 0 Å². The maximum Gasteiger partial charge on any atom is 0.260 e. The third-order valence-electron chi connectivity index (χ3n) is 5.30. The molecule has 0 saturated heterocycles. The van der Waals surface area contributed by atoms with Crippen molar-refractivity contribution < 1.29 is 5.11 Å². The number of hydrogen-bond acceptors (Lipinski definition) is 5. The molecular formula is C21H26N4O2S. The van der Waals surface area contributed by atoms with Crippen molar-refractivity contribution in [2.75, 3.05) is 12.3 Å². The van der Waals surface area contributed by atoms with Crippen molar-refractivity contribution in [1.82, 2.24) is 20.3 Å². The lowest BCUT2D eigenvalue weighted by Crippen LogP contribution is -2.34. The van der Waals surface area contributed by atoms with Crippen molar-refractivity contribution in [3.63, 3.8) is 0 Å². The SMILES string of the molecule is CCCCCCSc1nc(O)c(C2NCCc3c2[nH]c2ccccc32)c(=O)[nH]1. The summed E-state index contributed by atoms with van der Waals surface area (Å²) in [6.45, 7) is 2.92. The molecule has 3 heterocycles. The Labute approximate surface area is 168 Å². The molecule has 3 aromatic rings. The fourth-order valence-corrected chi connectivity index (χ4v) is 4.76. The Morgan fingerprint density at radius 2 is 2.07 bits per heavy atom. The second-order valence-corrected chi connectivity index (χ2v) is 8.30. The van der Waals surface area contributed by atoms with Crippen LogP contribution in [-0.2, 0) is 6.42 Å². The van der Waals surface area contributed by atoms with E-state index < -0.39 is 6.04 Å². The number of para-hydroxylation sites is 1. The van der Waals surface area contributed by atoms with Gasteiger partial charge in [-0.15, -0.1) is 0 Å². The molecule has 0 radical (unpaired) electrons. The van der Waals surface area contributed by atoms with E-state index in [0.717, 1.165) is 36.3 Å². The molecule has 2 aromatic heterocycles. The van der Waals surface area contributed by atoms with E-state index >= 15 is 0 Å². The smallest absolute Gasteiger partial charge is 0.260 e. The van der Waals surface area contributed by atoms with Crippen LogP contribution in [0.2, 0.25) is 0 Å².